The van der Waals surface area contributed by atoms with Crippen LogP contribution in [-0.2, 0) is 4.79 Å². The molecule has 1 amide bonds. The highest BCUT2D eigenvalue weighted by atomic mass is 79.9. The molecule has 1 aliphatic rings. The van der Waals surface area contributed by atoms with Crippen LogP contribution in [0.4, 0.5) is 0 Å². The predicted octanol–water partition coefficient (Wildman–Crippen LogP) is 4.19. The van der Waals surface area contributed by atoms with E-state index in [1.54, 1.807) is 29.3 Å². The smallest absolute Gasteiger partial charge is 0.246 e. The first-order chi connectivity index (χ1) is 11.6. The quantitative estimate of drug-likeness (QED) is 0.714. The monoisotopic (exact) mass is 406 g/mol. The third-order valence-electron chi connectivity index (χ3n) is 3.77. The second-order valence-corrected chi connectivity index (χ2v) is 6.72. The molecule has 0 saturated carbocycles. The van der Waals surface area contributed by atoms with Crippen molar-refractivity contribution in [2.75, 3.05) is 13.1 Å². The molecule has 4 nitrogen and oxygen atoms in total. The Kier molecular flexibility index (Phi) is 5.53. The zero-order valence-electron chi connectivity index (χ0n) is 12.9. The number of nitrogens with zero attached hydrogens (tertiary/aromatic N) is 2. The summed E-state index contributed by atoms with van der Waals surface area (Å²) >= 11 is 9.50. The standard InChI is InChI=1S/C18H16BrClN2O2/c19-15-5-3-10-21-18(15)24-14-9-11-22(12-14)17(23)8-7-13-4-1-2-6-16(13)20/h1-8,10,14H,9,11-12H2/b8-7+. The highest BCUT2D eigenvalue weighted by molar-refractivity contribution is 9.10. The second-order valence-electron chi connectivity index (χ2n) is 5.46. The van der Waals surface area contributed by atoms with E-state index < -0.39 is 0 Å². The Hall–Kier alpha value is -1.85. The summed E-state index contributed by atoms with van der Waals surface area (Å²) in [5.74, 6) is 0.518. The lowest BCUT2D eigenvalue weighted by atomic mass is 10.2. The summed E-state index contributed by atoms with van der Waals surface area (Å²) in [5, 5.41) is 0.629. The van der Waals surface area contributed by atoms with Crippen molar-refractivity contribution in [1.82, 2.24) is 9.88 Å². The molecular formula is C18H16BrClN2O2. The fraction of sp³-hybridized carbons (Fsp3) is 0.222. The van der Waals surface area contributed by atoms with Gasteiger partial charge in [0, 0.05) is 30.3 Å². The van der Waals surface area contributed by atoms with Gasteiger partial charge in [-0.3, -0.25) is 4.79 Å². The summed E-state index contributed by atoms with van der Waals surface area (Å²) in [6.45, 7) is 1.22. The molecular weight excluding hydrogens is 392 g/mol. The van der Waals surface area contributed by atoms with Gasteiger partial charge < -0.3 is 9.64 Å². The lowest BCUT2D eigenvalue weighted by molar-refractivity contribution is -0.125. The molecule has 2 aromatic rings. The number of carbonyl (C=O) groups excluding carboxylic acids is 1. The van der Waals surface area contributed by atoms with E-state index in [2.05, 4.69) is 20.9 Å². The third-order valence-corrected chi connectivity index (χ3v) is 4.72. The fourth-order valence-corrected chi connectivity index (χ4v) is 3.06. The Balaban J connectivity index is 1.58. The molecule has 124 valence electrons. The maximum atomic E-state index is 12.3. The van der Waals surface area contributed by atoms with E-state index in [0.717, 1.165) is 16.5 Å². The number of benzene rings is 1. The minimum absolute atomic E-state index is 0.0406. The highest BCUT2D eigenvalue weighted by Crippen LogP contribution is 2.24. The largest absolute Gasteiger partial charge is 0.472 e. The Morgan fingerprint density at radius 1 is 1.33 bits per heavy atom. The zero-order valence-corrected chi connectivity index (χ0v) is 15.2. The molecule has 6 heteroatoms. The number of carbonyl (C=O) groups is 1. The van der Waals surface area contributed by atoms with Crippen molar-refractivity contribution in [1.29, 1.82) is 0 Å². The van der Waals surface area contributed by atoms with Crippen molar-refractivity contribution in [3.63, 3.8) is 0 Å². The van der Waals surface area contributed by atoms with Gasteiger partial charge in [0.05, 0.1) is 11.0 Å². The highest BCUT2D eigenvalue weighted by Gasteiger charge is 2.27. The van der Waals surface area contributed by atoms with Crippen LogP contribution in [0, 0.1) is 0 Å². The van der Waals surface area contributed by atoms with Crippen LogP contribution < -0.4 is 4.74 Å². The van der Waals surface area contributed by atoms with Gasteiger partial charge >= 0.3 is 0 Å². The average molecular weight is 408 g/mol. The Morgan fingerprint density at radius 2 is 2.17 bits per heavy atom. The first-order valence-corrected chi connectivity index (χ1v) is 8.79. The summed E-state index contributed by atoms with van der Waals surface area (Å²) in [6.07, 6.45) is 5.72. The van der Waals surface area contributed by atoms with E-state index in [1.807, 2.05) is 30.3 Å². The minimum atomic E-state index is -0.0473. The van der Waals surface area contributed by atoms with E-state index in [1.165, 1.54) is 0 Å². The molecule has 1 saturated heterocycles. The molecule has 3 rings (SSSR count). The normalized spacial score (nSPS) is 17.4. The molecule has 1 atom stereocenters. The van der Waals surface area contributed by atoms with Gasteiger partial charge in [-0.1, -0.05) is 29.8 Å². The number of likely N-dealkylation sites (tertiary alicyclic amines) is 1. The van der Waals surface area contributed by atoms with Gasteiger partial charge in [0.1, 0.15) is 6.10 Å². The summed E-state index contributed by atoms with van der Waals surface area (Å²) in [4.78, 5) is 18.3. The number of ether oxygens (including phenoxy) is 1. The molecule has 1 unspecified atom stereocenters. The van der Waals surface area contributed by atoms with Crippen LogP contribution >= 0.6 is 27.5 Å². The van der Waals surface area contributed by atoms with E-state index in [-0.39, 0.29) is 12.0 Å². The molecule has 0 aliphatic carbocycles. The van der Waals surface area contributed by atoms with Gasteiger partial charge in [-0.05, 0) is 45.8 Å². The van der Waals surface area contributed by atoms with E-state index >= 15 is 0 Å². The van der Waals surface area contributed by atoms with Gasteiger partial charge in [-0.2, -0.15) is 0 Å². The van der Waals surface area contributed by atoms with Crippen molar-refractivity contribution in [2.24, 2.45) is 0 Å². The molecule has 1 aromatic heterocycles. The maximum absolute atomic E-state index is 12.3. The van der Waals surface area contributed by atoms with E-state index in [9.17, 15) is 4.79 Å². The number of aromatic nitrogens is 1. The SMILES string of the molecule is O=C(/C=C/c1ccccc1Cl)N1CCC(Oc2ncccc2Br)C1. The van der Waals surface area contributed by atoms with Crippen LogP contribution in [-0.4, -0.2) is 35.0 Å². The topological polar surface area (TPSA) is 42.4 Å². The average Bonchev–Trinajstić information content (AvgIpc) is 3.05. The van der Waals surface area contributed by atoms with Crippen molar-refractivity contribution >= 4 is 39.5 Å². The van der Waals surface area contributed by atoms with Crippen LogP contribution in [0.1, 0.15) is 12.0 Å². The fourth-order valence-electron chi connectivity index (χ4n) is 2.52. The molecule has 2 heterocycles. The van der Waals surface area contributed by atoms with Gasteiger partial charge in [0.15, 0.2) is 0 Å². The molecule has 1 aliphatic heterocycles. The number of hydrogen-bond acceptors (Lipinski definition) is 3. The van der Waals surface area contributed by atoms with Crippen LogP contribution in [0.15, 0.2) is 53.1 Å². The van der Waals surface area contributed by atoms with Gasteiger partial charge in [0.25, 0.3) is 0 Å². The summed E-state index contributed by atoms with van der Waals surface area (Å²) in [7, 11) is 0. The lowest BCUT2D eigenvalue weighted by Gasteiger charge is -2.15. The summed E-state index contributed by atoms with van der Waals surface area (Å²) in [5.41, 5.74) is 0.830. The number of halogens is 2. The maximum Gasteiger partial charge on any atom is 0.246 e. The predicted molar refractivity (Wildman–Crippen MR) is 98.0 cm³/mol. The zero-order chi connectivity index (χ0) is 16.9. The van der Waals surface area contributed by atoms with Crippen molar-refractivity contribution in [2.45, 2.75) is 12.5 Å². The van der Waals surface area contributed by atoms with E-state index in [4.69, 9.17) is 16.3 Å². The second kappa shape index (κ2) is 7.81. The molecule has 1 aromatic carbocycles. The minimum Gasteiger partial charge on any atom is -0.472 e. The van der Waals surface area contributed by atoms with Crippen molar-refractivity contribution in [3.8, 4) is 5.88 Å². The third kappa shape index (κ3) is 4.16. The van der Waals surface area contributed by atoms with Crippen LogP contribution in [0.2, 0.25) is 5.02 Å². The Morgan fingerprint density at radius 3 is 2.96 bits per heavy atom. The first-order valence-electron chi connectivity index (χ1n) is 7.62. The van der Waals surface area contributed by atoms with Gasteiger partial charge in [0.2, 0.25) is 11.8 Å². The Bertz CT molecular complexity index is 766. The Labute approximate surface area is 154 Å². The number of rotatable bonds is 4. The molecule has 1 fully saturated rings. The van der Waals surface area contributed by atoms with Crippen LogP contribution in [0.5, 0.6) is 5.88 Å². The van der Waals surface area contributed by atoms with Crippen LogP contribution in [0.3, 0.4) is 0 Å². The van der Waals surface area contributed by atoms with Gasteiger partial charge in [-0.25, -0.2) is 4.98 Å². The molecule has 0 spiro atoms. The number of hydrogen-bond donors (Lipinski definition) is 0. The van der Waals surface area contributed by atoms with E-state index in [0.29, 0.717) is 24.0 Å². The van der Waals surface area contributed by atoms with Gasteiger partial charge in [-0.15, -0.1) is 0 Å². The molecule has 24 heavy (non-hydrogen) atoms. The van der Waals surface area contributed by atoms with Crippen LogP contribution in [0.25, 0.3) is 6.08 Å². The molecule has 0 bridgehead atoms. The molecule has 0 radical (unpaired) electrons. The first kappa shape index (κ1) is 17.0. The number of amides is 1. The van der Waals surface area contributed by atoms with Crippen molar-refractivity contribution in [3.05, 3.63) is 63.7 Å². The summed E-state index contributed by atoms with van der Waals surface area (Å²) < 4.78 is 6.68. The summed E-state index contributed by atoms with van der Waals surface area (Å²) in [6, 6.07) is 11.1. The number of pyridine rings is 1. The lowest BCUT2D eigenvalue weighted by Crippen LogP contribution is -2.29. The van der Waals surface area contributed by atoms with Crippen molar-refractivity contribution < 1.29 is 9.53 Å². The molecule has 0 N–H and O–H groups in total.